The number of nitrogens with one attached hydrogen (secondary N) is 1. The molecule has 0 radical (unpaired) electrons. The van der Waals surface area contributed by atoms with Crippen molar-refractivity contribution in [1.29, 1.82) is 0 Å². The van der Waals surface area contributed by atoms with Gasteiger partial charge in [0.25, 0.3) is 0 Å². The first-order valence-electron chi connectivity index (χ1n) is 6.63. The number of carboxylic acids is 1. The van der Waals surface area contributed by atoms with Crippen molar-refractivity contribution in [2.45, 2.75) is 51.4 Å². The van der Waals surface area contributed by atoms with E-state index in [9.17, 15) is 14.4 Å². The van der Waals surface area contributed by atoms with Crippen LogP contribution >= 0.6 is 0 Å². The molecule has 1 saturated carbocycles. The summed E-state index contributed by atoms with van der Waals surface area (Å²) in [4.78, 5) is 33.2. The molecule has 0 spiro atoms. The SMILES string of the molecule is O=C(O)CCCCCCNC(=O)[C@@H]1CCCC1=O. The summed E-state index contributed by atoms with van der Waals surface area (Å²) in [6.45, 7) is 0.579. The zero-order valence-corrected chi connectivity index (χ0v) is 10.6. The number of hydrogen-bond acceptors (Lipinski definition) is 3. The number of carboxylic acid groups (broad SMARTS) is 1. The number of rotatable bonds is 8. The first kappa shape index (κ1) is 14.7. The maximum absolute atomic E-state index is 11.6. The largest absolute Gasteiger partial charge is 0.481 e. The van der Waals surface area contributed by atoms with Gasteiger partial charge in [0, 0.05) is 19.4 Å². The molecule has 18 heavy (non-hydrogen) atoms. The molecule has 1 atom stereocenters. The summed E-state index contributed by atoms with van der Waals surface area (Å²) in [7, 11) is 0. The van der Waals surface area contributed by atoms with Crippen LogP contribution in [0.4, 0.5) is 0 Å². The highest BCUT2D eigenvalue weighted by molar-refractivity contribution is 6.02. The van der Waals surface area contributed by atoms with Gasteiger partial charge in [-0.2, -0.15) is 0 Å². The molecule has 0 aliphatic heterocycles. The van der Waals surface area contributed by atoms with Crippen LogP contribution in [0.15, 0.2) is 0 Å². The molecular formula is C13H21NO4. The molecule has 0 aromatic heterocycles. The Morgan fingerprint density at radius 3 is 2.56 bits per heavy atom. The molecule has 1 amide bonds. The molecule has 0 heterocycles. The summed E-state index contributed by atoms with van der Waals surface area (Å²) >= 11 is 0. The lowest BCUT2D eigenvalue weighted by molar-refractivity contribution is -0.137. The molecule has 102 valence electrons. The maximum atomic E-state index is 11.6. The fourth-order valence-electron chi connectivity index (χ4n) is 2.18. The molecule has 2 N–H and O–H groups in total. The fraction of sp³-hybridized carbons (Fsp3) is 0.769. The van der Waals surface area contributed by atoms with Crippen molar-refractivity contribution in [2.75, 3.05) is 6.54 Å². The summed E-state index contributed by atoms with van der Waals surface area (Å²) in [6, 6.07) is 0. The zero-order valence-electron chi connectivity index (χ0n) is 10.6. The molecule has 5 nitrogen and oxygen atoms in total. The smallest absolute Gasteiger partial charge is 0.303 e. The summed E-state index contributed by atoms with van der Waals surface area (Å²) < 4.78 is 0. The third-order valence-corrected chi connectivity index (χ3v) is 3.24. The Balaban J connectivity index is 1.99. The van der Waals surface area contributed by atoms with Crippen molar-refractivity contribution in [3.8, 4) is 0 Å². The predicted octanol–water partition coefficient (Wildman–Crippen LogP) is 1.51. The highest BCUT2D eigenvalue weighted by atomic mass is 16.4. The Kier molecular flexibility index (Phi) is 6.39. The van der Waals surface area contributed by atoms with Crippen LogP contribution in [0.3, 0.4) is 0 Å². The van der Waals surface area contributed by atoms with Crippen LogP contribution in [0.2, 0.25) is 0 Å². The van der Waals surface area contributed by atoms with E-state index < -0.39 is 11.9 Å². The normalized spacial score (nSPS) is 18.9. The Labute approximate surface area is 107 Å². The molecule has 1 aliphatic rings. The first-order chi connectivity index (χ1) is 8.61. The number of carbonyl (C=O) groups is 3. The number of carbonyl (C=O) groups excluding carboxylic acids is 2. The van der Waals surface area contributed by atoms with E-state index in [-0.39, 0.29) is 18.1 Å². The van der Waals surface area contributed by atoms with Gasteiger partial charge in [-0.25, -0.2) is 0 Å². The van der Waals surface area contributed by atoms with Crippen LogP contribution in [0.1, 0.15) is 51.4 Å². The molecule has 1 rings (SSSR count). The second-order valence-corrected chi connectivity index (χ2v) is 4.76. The first-order valence-corrected chi connectivity index (χ1v) is 6.63. The molecule has 5 heteroatoms. The number of hydrogen-bond donors (Lipinski definition) is 2. The van der Waals surface area contributed by atoms with Gasteiger partial charge in [0.05, 0.1) is 5.92 Å². The second-order valence-electron chi connectivity index (χ2n) is 4.76. The molecule has 1 fully saturated rings. The molecule has 0 unspecified atom stereocenters. The topological polar surface area (TPSA) is 83.5 Å². The quantitative estimate of drug-likeness (QED) is 0.508. The van der Waals surface area contributed by atoms with Gasteiger partial charge in [-0.3, -0.25) is 14.4 Å². The Morgan fingerprint density at radius 2 is 1.94 bits per heavy atom. The molecule has 0 aromatic rings. The molecule has 0 aromatic carbocycles. The minimum Gasteiger partial charge on any atom is -0.481 e. The molecule has 1 aliphatic carbocycles. The van der Waals surface area contributed by atoms with Crippen molar-refractivity contribution < 1.29 is 19.5 Å². The lowest BCUT2D eigenvalue weighted by atomic mass is 10.1. The summed E-state index contributed by atoms with van der Waals surface area (Å²) in [5.74, 6) is -1.25. The second kappa shape index (κ2) is 7.84. The van der Waals surface area contributed by atoms with Gasteiger partial charge in [0.2, 0.25) is 5.91 Å². The van der Waals surface area contributed by atoms with Gasteiger partial charge in [-0.05, 0) is 25.7 Å². The van der Waals surface area contributed by atoms with Gasteiger partial charge >= 0.3 is 5.97 Å². The minimum absolute atomic E-state index is 0.0639. The molecule has 0 bridgehead atoms. The van der Waals surface area contributed by atoms with Crippen molar-refractivity contribution >= 4 is 17.7 Å². The predicted molar refractivity (Wildman–Crippen MR) is 66.1 cm³/mol. The van der Waals surface area contributed by atoms with Crippen molar-refractivity contribution in [3.05, 3.63) is 0 Å². The maximum Gasteiger partial charge on any atom is 0.303 e. The van der Waals surface area contributed by atoms with Crippen molar-refractivity contribution in [3.63, 3.8) is 0 Å². The third kappa shape index (κ3) is 5.29. The van der Waals surface area contributed by atoms with Crippen LogP contribution in [0, 0.1) is 5.92 Å². The fourth-order valence-corrected chi connectivity index (χ4v) is 2.18. The monoisotopic (exact) mass is 255 g/mol. The van der Waals surface area contributed by atoms with Gasteiger partial charge in [-0.15, -0.1) is 0 Å². The van der Waals surface area contributed by atoms with E-state index in [4.69, 9.17) is 5.11 Å². The number of aliphatic carboxylic acids is 1. The van der Waals surface area contributed by atoms with Gasteiger partial charge < -0.3 is 10.4 Å². The van der Waals surface area contributed by atoms with E-state index in [1.54, 1.807) is 0 Å². The van der Waals surface area contributed by atoms with E-state index >= 15 is 0 Å². The summed E-state index contributed by atoms with van der Waals surface area (Å²) in [5, 5.41) is 11.2. The van der Waals surface area contributed by atoms with Crippen LogP contribution in [0.5, 0.6) is 0 Å². The van der Waals surface area contributed by atoms with Crippen molar-refractivity contribution in [2.24, 2.45) is 5.92 Å². The average Bonchev–Trinajstić information content (AvgIpc) is 2.73. The number of ketones is 1. The number of Topliss-reactive ketones (excluding diaryl/α,β-unsaturated/α-hetero) is 1. The average molecular weight is 255 g/mol. The van der Waals surface area contributed by atoms with E-state index in [0.29, 0.717) is 25.8 Å². The standard InChI is InChI=1S/C13H21NO4/c15-11-7-5-6-10(11)13(18)14-9-4-2-1-3-8-12(16)17/h10H,1-9H2,(H,14,18)(H,16,17)/t10-/m1/s1. The lowest BCUT2D eigenvalue weighted by Gasteiger charge is -2.09. The molecule has 0 saturated heterocycles. The van der Waals surface area contributed by atoms with E-state index in [1.165, 1.54) is 0 Å². The highest BCUT2D eigenvalue weighted by Crippen LogP contribution is 2.21. The van der Waals surface area contributed by atoms with Crippen LogP contribution in [0.25, 0.3) is 0 Å². The Morgan fingerprint density at radius 1 is 1.22 bits per heavy atom. The molecular weight excluding hydrogens is 234 g/mol. The minimum atomic E-state index is -0.761. The third-order valence-electron chi connectivity index (χ3n) is 3.24. The number of unbranched alkanes of at least 4 members (excludes halogenated alkanes) is 3. The van der Waals surface area contributed by atoms with Gasteiger partial charge in [0.15, 0.2) is 0 Å². The van der Waals surface area contributed by atoms with Gasteiger partial charge in [0.1, 0.15) is 5.78 Å². The zero-order chi connectivity index (χ0) is 13.4. The summed E-state index contributed by atoms with van der Waals surface area (Å²) in [6.07, 6.45) is 5.55. The van der Waals surface area contributed by atoms with Crippen molar-refractivity contribution in [1.82, 2.24) is 5.32 Å². The van der Waals surface area contributed by atoms with E-state index in [1.807, 2.05) is 0 Å². The summed E-state index contributed by atoms with van der Waals surface area (Å²) in [5.41, 5.74) is 0. The van der Waals surface area contributed by atoms with Crippen LogP contribution < -0.4 is 5.32 Å². The van der Waals surface area contributed by atoms with E-state index in [2.05, 4.69) is 5.32 Å². The Bertz CT molecular complexity index is 314. The van der Waals surface area contributed by atoms with E-state index in [0.717, 1.165) is 25.7 Å². The number of amides is 1. The van der Waals surface area contributed by atoms with Crippen LogP contribution in [-0.4, -0.2) is 29.3 Å². The Hall–Kier alpha value is -1.39. The highest BCUT2D eigenvalue weighted by Gasteiger charge is 2.30. The van der Waals surface area contributed by atoms with Crippen LogP contribution in [-0.2, 0) is 14.4 Å². The van der Waals surface area contributed by atoms with Gasteiger partial charge in [-0.1, -0.05) is 12.8 Å². The lowest BCUT2D eigenvalue weighted by Crippen LogP contribution is -2.33.